The fourth-order valence-corrected chi connectivity index (χ4v) is 4.83. The molecule has 0 radical (unpaired) electrons. The van der Waals surface area contributed by atoms with Gasteiger partial charge in [0.1, 0.15) is 12.0 Å². The van der Waals surface area contributed by atoms with Crippen molar-refractivity contribution in [1.29, 1.82) is 5.26 Å². The number of imide groups is 1. The molecule has 0 spiro atoms. The second-order valence-electron chi connectivity index (χ2n) is 8.25. The van der Waals surface area contributed by atoms with E-state index in [0.717, 1.165) is 4.90 Å². The minimum absolute atomic E-state index is 0.370. The lowest BCUT2D eigenvalue weighted by atomic mass is 9.89. The van der Waals surface area contributed by atoms with Gasteiger partial charge in [0.15, 0.2) is 17.6 Å². The van der Waals surface area contributed by atoms with Crippen LogP contribution >= 0.6 is 0 Å². The topological polar surface area (TPSA) is 101 Å². The van der Waals surface area contributed by atoms with Crippen molar-refractivity contribution in [2.75, 3.05) is 31.3 Å². The molecule has 9 nitrogen and oxygen atoms in total. The summed E-state index contributed by atoms with van der Waals surface area (Å²) in [5.74, 6) is -0.528. The van der Waals surface area contributed by atoms with Gasteiger partial charge in [0, 0.05) is 5.56 Å². The number of nitriles is 1. The van der Waals surface area contributed by atoms with Crippen LogP contribution in [-0.2, 0) is 14.4 Å². The molecule has 5 rings (SSSR count). The van der Waals surface area contributed by atoms with Crippen LogP contribution in [0.1, 0.15) is 17.2 Å². The number of hydrogen-bond acceptors (Lipinski definition) is 8. The molecule has 0 unspecified atom stereocenters. The zero-order valence-corrected chi connectivity index (χ0v) is 19.9. The van der Waals surface area contributed by atoms with Gasteiger partial charge in [-0.25, -0.2) is 9.96 Å². The van der Waals surface area contributed by atoms with Crippen molar-refractivity contribution in [3.05, 3.63) is 77.9 Å². The van der Waals surface area contributed by atoms with E-state index in [0.29, 0.717) is 39.8 Å². The van der Waals surface area contributed by atoms with Crippen molar-refractivity contribution in [3.63, 3.8) is 0 Å². The number of para-hydroxylation sites is 1. The lowest BCUT2D eigenvalue weighted by Crippen LogP contribution is -2.37. The Balaban J connectivity index is 1.64. The zero-order chi connectivity index (χ0) is 25.4. The van der Waals surface area contributed by atoms with Gasteiger partial charge in [0.2, 0.25) is 11.7 Å². The minimum Gasteiger partial charge on any atom is -0.493 e. The molecule has 36 heavy (non-hydrogen) atoms. The molecule has 0 aliphatic carbocycles. The van der Waals surface area contributed by atoms with E-state index in [1.807, 2.05) is 36.4 Å². The van der Waals surface area contributed by atoms with Crippen LogP contribution in [0.15, 0.2) is 66.7 Å². The van der Waals surface area contributed by atoms with Gasteiger partial charge in [-0.2, -0.15) is 5.26 Å². The Kier molecular flexibility index (Phi) is 5.96. The second-order valence-corrected chi connectivity index (χ2v) is 8.25. The Morgan fingerprint density at radius 2 is 1.50 bits per heavy atom. The van der Waals surface area contributed by atoms with E-state index in [4.69, 9.17) is 24.3 Å². The van der Waals surface area contributed by atoms with Crippen molar-refractivity contribution >= 4 is 23.2 Å². The summed E-state index contributed by atoms with van der Waals surface area (Å²) in [5.41, 5.74) is 2.09. The summed E-state index contributed by atoms with van der Waals surface area (Å²) >= 11 is 0. The van der Waals surface area contributed by atoms with Gasteiger partial charge in [-0.05, 0) is 48.5 Å². The fraction of sp³-hybridized carbons (Fsp3) is 0.222. The monoisotopic (exact) mass is 485 g/mol. The molecule has 2 amide bonds. The van der Waals surface area contributed by atoms with Crippen molar-refractivity contribution in [2.24, 2.45) is 5.92 Å². The second kappa shape index (κ2) is 9.24. The van der Waals surface area contributed by atoms with E-state index >= 15 is 0 Å². The Labute approximate surface area is 207 Å². The molecule has 0 aromatic heterocycles. The molecule has 2 fully saturated rings. The van der Waals surface area contributed by atoms with Crippen molar-refractivity contribution in [3.8, 4) is 23.3 Å². The van der Waals surface area contributed by atoms with Crippen LogP contribution in [0.2, 0.25) is 0 Å². The van der Waals surface area contributed by atoms with Gasteiger partial charge in [0.05, 0.1) is 44.3 Å². The van der Waals surface area contributed by atoms with E-state index in [1.165, 1.54) is 21.3 Å². The molecule has 2 heterocycles. The van der Waals surface area contributed by atoms with Gasteiger partial charge >= 0.3 is 0 Å². The van der Waals surface area contributed by atoms with E-state index in [-0.39, 0.29) is 0 Å². The van der Waals surface area contributed by atoms with Crippen LogP contribution in [0.4, 0.5) is 11.4 Å². The number of carbonyl (C=O) groups is 2. The maximum atomic E-state index is 13.8. The van der Waals surface area contributed by atoms with Gasteiger partial charge < -0.3 is 14.2 Å². The normalized spacial score (nSPS) is 20.8. The van der Waals surface area contributed by atoms with Crippen LogP contribution in [0.25, 0.3) is 0 Å². The smallest absolute Gasteiger partial charge is 0.266 e. The van der Waals surface area contributed by atoms with Crippen LogP contribution < -0.4 is 24.2 Å². The predicted molar refractivity (Wildman–Crippen MR) is 130 cm³/mol. The molecule has 2 aliphatic rings. The number of anilines is 2. The Morgan fingerprint density at radius 3 is 2.11 bits per heavy atom. The first-order chi connectivity index (χ1) is 17.5. The van der Waals surface area contributed by atoms with Crippen molar-refractivity contribution in [2.45, 2.75) is 12.1 Å². The number of rotatable bonds is 6. The van der Waals surface area contributed by atoms with Crippen molar-refractivity contribution < 1.29 is 28.6 Å². The first-order valence-corrected chi connectivity index (χ1v) is 11.2. The number of fused-ring (bicyclic) bond motifs is 1. The molecular weight excluding hydrogens is 462 g/mol. The lowest BCUT2D eigenvalue weighted by Gasteiger charge is -2.30. The summed E-state index contributed by atoms with van der Waals surface area (Å²) in [6, 6.07) is 20.4. The Morgan fingerprint density at radius 1 is 0.806 bits per heavy atom. The summed E-state index contributed by atoms with van der Waals surface area (Å²) in [6.45, 7) is 0. The number of ether oxygens (including phenoxy) is 3. The third-order valence-corrected chi connectivity index (χ3v) is 6.43. The number of methoxy groups -OCH3 is 3. The highest BCUT2D eigenvalue weighted by atomic mass is 16.7. The standard InChI is InChI=1S/C27H23N3O6/c1-33-20-14-13-19(23(34-2)24(20)35-3)22-21-25(36-30(22)18-7-5-4-6-8-18)27(32)29(26(21)31)17-11-9-16(15-28)10-12-17/h4-14,21-22,25H,1-3H3/t21-,22-,25-/m1/s1. The fourth-order valence-electron chi connectivity index (χ4n) is 4.83. The number of benzene rings is 3. The molecule has 9 heteroatoms. The molecule has 0 N–H and O–H groups in total. The highest BCUT2D eigenvalue weighted by Crippen LogP contribution is 2.52. The average molecular weight is 485 g/mol. The first-order valence-electron chi connectivity index (χ1n) is 11.2. The van der Waals surface area contributed by atoms with Gasteiger partial charge in [-0.3, -0.25) is 14.4 Å². The quantitative estimate of drug-likeness (QED) is 0.488. The minimum atomic E-state index is -1.05. The van der Waals surface area contributed by atoms with Crippen LogP contribution in [0, 0.1) is 17.2 Å². The summed E-state index contributed by atoms with van der Waals surface area (Å²) < 4.78 is 16.7. The van der Waals surface area contributed by atoms with Gasteiger partial charge in [-0.15, -0.1) is 0 Å². The third-order valence-electron chi connectivity index (χ3n) is 6.43. The number of amides is 2. The van der Waals surface area contributed by atoms with Crippen LogP contribution in [0.5, 0.6) is 17.2 Å². The zero-order valence-electron chi connectivity index (χ0n) is 19.9. The number of hydroxylamine groups is 1. The van der Waals surface area contributed by atoms with Crippen molar-refractivity contribution in [1.82, 2.24) is 0 Å². The van der Waals surface area contributed by atoms with E-state index in [1.54, 1.807) is 41.5 Å². The molecule has 3 atom stereocenters. The summed E-state index contributed by atoms with van der Waals surface area (Å²) in [7, 11) is 4.53. The summed E-state index contributed by atoms with van der Waals surface area (Å²) in [5, 5.41) is 10.7. The maximum absolute atomic E-state index is 13.8. The highest BCUT2D eigenvalue weighted by Gasteiger charge is 2.61. The molecule has 2 saturated heterocycles. The molecule has 3 aromatic carbocycles. The lowest BCUT2D eigenvalue weighted by molar-refractivity contribution is -0.126. The summed E-state index contributed by atoms with van der Waals surface area (Å²) in [4.78, 5) is 34.6. The SMILES string of the molecule is COc1ccc([C@@H]2[C@H]3C(=O)N(c4ccc(C#N)cc4)C(=O)[C@@H]3ON2c2ccccc2)c(OC)c1OC. The number of nitrogens with zero attached hydrogens (tertiary/aromatic N) is 3. The molecule has 0 bridgehead atoms. The number of carbonyl (C=O) groups excluding carboxylic acids is 2. The van der Waals surface area contributed by atoms with Crippen LogP contribution in [0.3, 0.4) is 0 Å². The molecule has 3 aromatic rings. The molecule has 182 valence electrons. The van der Waals surface area contributed by atoms with Gasteiger partial charge in [0.25, 0.3) is 5.91 Å². The van der Waals surface area contributed by atoms with E-state index in [2.05, 4.69) is 0 Å². The molecule has 2 aliphatic heterocycles. The molecule has 0 saturated carbocycles. The Hall–Kier alpha value is -4.55. The predicted octanol–water partition coefficient (Wildman–Crippen LogP) is 3.64. The first kappa shape index (κ1) is 23.2. The highest BCUT2D eigenvalue weighted by molar-refractivity contribution is 6.24. The van der Waals surface area contributed by atoms with E-state index < -0.39 is 29.9 Å². The van der Waals surface area contributed by atoms with E-state index in [9.17, 15) is 9.59 Å². The third kappa shape index (κ3) is 3.51. The Bertz CT molecular complexity index is 1350. The summed E-state index contributed by atoms with van der Waals surface area (Å²) in [6.07, 6.45) is -1.05. The largest absolute Gasteiger partial charge is 0.493 e. The average Bonchev–Trinajstić information content (AvgIpc) is 3.43. The van der Waals surface area contributed by atoms with Crippen LogP contribution in [-0.4, -0.2) is 39.2 Å². The van der Waals surface area contributed by atoms with Gasteiger partial charge in [-0.1, -0.05) is 18.2 Å². The number of hydrogen-bond donors (Lipinski definition) is 0. The molecular formula is C27H23N3O6. The maximum Gasteiger partial charge on any atom is 0.266 e.